The number of phenolic OH excluding ortho intramolecular Hbond substituents is 1. The highest BCUT2D eigenvalue weighted by atomic mass is 16.3. The number of aliphatic hydroxyl groups excluding tert-OH is 2. The first-order valence-electron chi connectivity index (χ1n) is 11.6. The fourth-order valence-corrected chi connectivity index (χ4v) is 5.57. The molecule has 4 rings (SSSR count). The van der Waals surface area contributed by atoms with Crippen molar-refractivity contribution >= 4 is 23.2 Å². The van der Waals surface area contributed by atoms with Crippen LogP contribution in [0.2, 0.25) is 0 Å². The van der Waals surface area contributed by atoms with Crippen LogP contribution in [0, 0.1) is 11.8 Å². The number of primary amides is 1. The summed E-state index contributed by atoms with van der Waals surface area (Å²) in [5.41, 5.74) is 3.59. The molecule has 0 aromatic heterocycles. The number of rotatable bonds is 5. The smallest absolute Gasteiger partial charge is 0.255 e. The quantitative estimate of drug-likeness (QED) is 0.334. The molecule has 1 aromatic rings. The molecule has 1 aromatic carbocycles. The van der Waals surface area contributed by atoms with Crippen molar-refractivity contribution in [3.63, 3.8) is 0 Å². The molecule has 10 nitrogen and oxygen atoms in total. The van der Waals surface area contributed by atoms with Crippen molar-refractivity contribution in [3.8, 4) is 5.75 Å². The van der Waals surface area contributed by atoms with E-state index in [1.54, 1.807) is 0 Å². The van der Waals surface area contributed by atoms with E-state index >= 15 is 0 Å². The molecular formula is C25H31N3O7. The maximum atomic E-state index is 13.8. The molecular weight excluding hydrogens is 454 g/mol. The Balaban J connectivity index is 1.90. The van der Waals surface area contributed by atoms with Crippen LogP contribution in [0.15, 0.2) is 28.7 Å². The Bertz CT molecular complexity index is 1210. The van der Waals surface area contributed by atoms with Crippen molar-refractivity contribution in [1.82, 2.24) is 5.32 Å². The van der Waals surface area contributed by atoms with Gasteiger partial charge in [-0.05, 0) is 30.4 Å². The number of anilines is 1. The zero-order valence-electron chi connectivity index (χ0n) is 20.2. The van der Waals surface area contributed by atoms with Crippen LogP contribution in [0.4, 0.5) is 5.69 Å². The lowest BCUT2D eigenvalue weighted by Crippen LogP contribution is -2.57. The molecule has 0 aliphatic heterocycles. The number of Topliss-reactive ketones (excluding diaryl/α,β-unsaturated/α-hetero) is 2. The Morgan fingerprint density at radius 1 is 1.23 bits per heavy atom. The van der Waals surface area contributed by atoms with Crippen LogP contribution < -0.4 is 16.0 Å². The van der Waals surface area contributed by atoms with Crippen molar-refractivity contribution in [3.05, 3.63) is 45.4 Å². The molecule has 3 aliphatic rings. The monoisotopic (exact) mass is 485 g/mol. The molecule has 188 valence electrons. The molecule has 7 N–H and O–H groups in total. The molecule has 0 heterocycles. The van der Waals surface area contributed by atoms with Gasteiger partial charge in [0.25, 0.3) is 5.91 Å². The third-order valence-electron chi connectivity index (χ3n) is 7.30. The second-order valence-corrected chi connectivity index (χ2v) is 10.1. The van der Waals surface area contributed by atoms with Crippen LogP contribution in [0.1, 0.15) is 48.2 Å². The lowest BCUT2D eigenvalue weighted by atomic mass is 9.60. The van der Waals surface area contributed by atoms with Gasteiger partial charge in [-0.3, -0.25) is 14.4 Å². The first-order valence-corrected chi connectivity index (χ1v) is 11.6. The van der Waals surface area contributed by atoms with Gasteiger partial charge in [0.1, 0.15) is 22.8 Å². The van der Waals surface area contributed by atoms with Crippen molar-refractivity contribution in [2.24, 2.45) is 17.6 Å². The lowest BCUT2D eigenvalue weighted by molar-refractivity contribution is -0.144. The van der Waals surface area contributed by atoms with E-state index in [1.165, 1.54) is 0 Å². The highest BCUT2D eigenvalue weighted by Crippen LogP contribution is 2.52. The minimum absolute atomic E-state index is 0.0216. The fraction of sp³-hybridized carbons (Fsp3) is 0.480. The number of carbonyl (C=O) groups is 3. The third-order valence-corrected chi connectivity index (χ3v) is 7.30. The molecule has 0 spiro atoms. The van der Waals surface area contributed by atoms with E-state index in [1.807, 2.05) is 38.9 Å². The molecule has 0 unspecified atom stereocenters. The normalized spacial score (nSPS) is 26.0. The molecule has 0 bridgehead atoms. The van der Waals surface area contributed by atoms with Crippen molar-refractivity contribution in [2.75, 3.05) is 19.0 Å². The summed E-state index contributed by atoms with van der Waals surface area (Å²) < 4.78 is 0. The van der Waals surface area contributed by atoms with E-state index in [4.69, 9.17) is 5.73 Å². The SMILES string of the molecule is CC(C)NCc1cc(N(C)C)c2c(c1O)C(=O)C1=C(O)[C@]3(O)C(=O)C(C(N)=O)=C(O)C[C@@H]3C[C@@H]1C2. The number of carbonyl (C=O) groups excluding carboxylic acids is 3. The van der Waals surface area contributed by atoms with Crippen LogP contribution in [0.5, 0.6) is 5.75 Å². The number of allylic oxidation sites excluding steroid dienone is 2. The van der Waals surface area contributed by atoms with Crippen molar-refractivity contribution in [1.29, 1.82) is 0 Å². The summed E-state index contributed by atoms with van der Waals surface area (Å²) in [4.78, 5) is 40.4. The highest BCUT2D eigenvalue weighted by Gasteiger charge is 2.59. The molecule has 10 heteroatoms. The fourth-order valence-electron chi connectivity index (χ4n) is 5.57. The standard InChI is InChI=1S/C25H31N3O7/c1-10(2)27-9-12-7-15(28(3)4)14-6-11-5-13-8-16(29)19(24(26)34)23(33)25(13,35)22(32)17(11)21(31)18(14)20(12)30/h7,10-11,13,27,29-30,32,35H,5-6,8-9H2,1-4H3,(H2,26,34)/t11-,13+,25+/m1/s1. The predicted molar refractivity (Wildman–Crippen MR) is 127 cm³/mol. The number of fused-ring (bicyclic) bond motifs is 3. The number of nitrogens with one attached hydrogen (secondary N) is 1. The van der Waals surface area contributed by atoms with E-state index < -0.39 is 52.0 Å². The van der Waals surface area contributed by atoms with Gasteiger partial charge in [-0.2, -0.15) is 0 Å². The largest absolute Gasteiger partial charge is 0.511 e. The Hall–Kier alpha value is -3.37. The molecule has 0 saturated heterocycles. The Labute approximate surface area is 202 Å². The number of amides is 1. The zero-order valence-corrected chi connectivity index (χ0v) is 20.2. The average Bonchev–Trinajstić information content (AvgIpc) is 2.75. The number of ketones is 2. The average molecular weight is 486 g/mol. The van der Waals surface area contributed by atoms with E-state index in [2.05, 4.69) is 5.32 Å². The minimum Gasteiger partial charge on any atom is -0.511 e. The number of aromatic hydroxyl groups is 1. The second-order valence-electron chi connectivity index (χ2n) is 10.1. The Morgan fingerprint density at radius 2 is 1.89 bits per heavy atom. The van der Waals surface area contributed by atoms with Gasteiger partial charge in [0, 0.05) is 55.8 Å². The first-order chi connectivity index (χ1) is 16.3. The number of hydrogen-bond acceptors (Lipinski definition) is 9. The maximum absolute atomic E-state index is 13.8. The van der Waals surface area contributed by atoms with Gasteiger partial charge in [0.15, 0.2) is 11.4 Å². The number of benzene rings is 1. The molecule has 0 fully saturated rings. The van der Waals surface area contributed by atoms with Crippen molar-refractivity contribution in [2.45, 2.75) is 51.3 Å². The van der Waals surface area contributed by atoms with Gasteiger partial charge in [0.2, 0.25) is 5.78 Å². The molecule has 0 radical (unpaired) electrons. The first kappa shape index (κ1) is 24.7. The maximum Gasteiger partial charge on any atom is 0.255 e. The van der Waals surface area contributed by atoms with Gasteiger partial charge in [-0.25, -0.2) is 0 Å². The van der Waals surface area contributed by atoms with E-state index in [-0.39, 0.29) is 42.2 Å². The van der Waals surface area contributed by atoms with Crippen LogP contribution in [-0.4, -0.2) is 63.6 Å². The summed E-state index contributed by atoms with van der Waals surface area (Å²) in [6, 6.07) is 1.95. The molecule has 1 amide bonds. The van der Waals surface area contributed by atoms with Crippen LogP contribution in [0.3, 0.4) is 0 Å². The van der Waals surface area contributed by atoms with Gasteiger partial charge in [-0.1, -0.05) is 13.8 Å². The van der Waals surface area contributed by atoms with Gasteiger partial charge in [0.05, 0.1) is 5.56 Å². The zero-order chi connectivity index (χ0) is 26.0. The summed E-state index contributed by atoms with van der Waals surface area (Å²) in [5.74, 6) is -6.25. The predicted octanol–water partition coefficient (Wildman–Crippen LogP) is 1.14. The summed E-state index contributed by atoms with van der Waals surface area (Å²) in [7, 11) is 3.65. The Kier molecular flexibility index (Phi) is 5.93. The second kappa shape index (κ2) is 8.39. The number of hydrogen-bond donors (Lipinski definition) is 6. The molecule has 35 heavy (non-hydrogen) atoms. The third kappa shape index (κ3) is 3.59. The summed E-state index contributed by atoms with van der Waals surface area (Å²) in [6.45, 7) is 4.21. The molecule has 3 aliphatic carbocycles. The molecule has 0 saturated carbocycles. The minimum atomic E-state index is -2.56. The lowest BCUT2D eigenvalue weighted by Gasteiger charge is -2.46. The van der Waals surface area contributed by atoms with Gasteiger partial charge < -0.3 is 36.4 Å². The highest BCUT2D eigenvalue weighted by molar-refractivity contribution is 6.24. The summed E-state index contributed by atoms with van der Waals surface area (Å²) >= 11 is 0. The number of nitrogens with zero attached hydrogens (tertiary/aromatic N) is 1. The van der Waals surface area contributed by atoms with Crippen LogP contribution >= 0.6 is 0 Å². The Morgan fingerprint density at radius 3 is 2.46 bits per heavy atom. The van der Waals surface area contributed by atoms with Crippen LogP contribution in [0.25, 0.3) is 0 Å². The van der Waals surface area contributed by atoms with Crippen LogP contribution in [-0.2, 0) is 22.6 Å². The van der Waals surface area contributed by atoms with E-state index in [0.717, 1.165) is 5.69 Å². The van der Waals surface area contributed by atoms with Gasteiger partial charge in [-0.15, -0.1) is 0 Å². The molecule has 3 atom stereocenters. The number of aliphatic hydroxyl groups is 3. The summed E-state index contributed by atoms with van der Waals surface area (Å²) in [5, 5.41) is 47.1. The van der Waals surface area contributed by atoms with Gasteiger partial charge >= 0.3 is 0 Å². The number of nitrogens with two attached hydrogens (primary N) is 1. The number of phenols is 1. The van der Waals surface area contributed by atoms with Crippen molar-refractivity contribution < 1.29 is 34.8 Å². The topological polar surface area (TPSA) is 173 Å². The van der Waals surface area contributed by atoms with E-state index in [0.29, 0.717) is 17.7 Å². The van der Waals surface area contributed by atoms with E-state index in [9.17, 15) is 34.8 Å². The summed E-state index contributed by atoms with van der Waals surface area (Å²) in [6.07, 6.45) is 0.127.